The summed E-state index contributed by atoms with van der Waals surface area (Å²) in [7, 11) is 0. The first-order valence-electron chi connectivity index (χ1n) is 4.20. The average molecular weight is 262 g/mol. The molecule has 0 aromatic carbocycles. The van der Waals surface area contributed by atoms with Crippen LogP contribution in [0.3, 0.4) is 0 Å². The molecule has 0 unspecified atom stereocenters. The Morgan fingerprint density at radius 1 is 1.54 bits per heavy atom. The van der Waals surface area contributed by atoms with Gasteiger partial charge in [-0.25, -0.2) is 4.98 Å². The molecule has 4 heteroatoms. The molecule has 0 aliphatic heterocycles. The highest BCUT2D eigenvalue weighted by atomic mass is 79.9. The molecule has 1 fully saturated rings. The summed E-state index contributed by atoms with van der Waals surface area (Å²) in [4.78, 5) is 4.23. The van der Waals surface area contributed by atoms with E-state index >= 15 is 0 Å². The van der Waals surface area contributed by atoms with Gasteiger partial charge in [0.15, 0.2) is 0 Å². The molecule has 0 radical (unpaired) electrons. The van der Waals surface area contributed by atoms with Gasteiger partial charge in [0, 0.05) is 16.5 Å². The van der Waals surface area contributed by atoms with E-state index in [1.54, 1.807) is 6.20 Å². The molecule has 0 bridgehead atoms. The molecule has 1 aromatic heterocycles. The van der Waals surface area contributed by atoms with Crippen LogP contribution in [0.5, 0.6) is 0 Å². The number of nitrogens with one attached hydrogen (secondary N) is 1. The average Bonchev–Trinajstić information content (AvgIpc) is 2.90. The molecular formula is C9H10BrClN2. The Labute approximate surface area is 90.8 Å². The zero-order valence-electron chi connectivity index (χ0n) is 7.06. The van der Waals surface area contributed by atoms with E-state index in [0.717, 1.165) is 23.1 Å². The van der Waals surface area contributed by atoms with Crippen molar-refractivity contribution in [3.8, 4) is 0 Å². The predicted molar refractivity (Wildman–Crippen MR) is 58.2 cm³/mol. The van der Waals surface area contributed by atoms with E-state index in [1.165, 1.54) is 0 Å². The molecule has 0 atom stereocenters. The third-order valence-electron chi connectivity index (χ3n) is 2.23. The van der Waals surface area contributed by atoms with Crippen LogP contribution >= 0.6 is 27.5 Å². The highest BCUT2D eigenvalue weighted by molar-refractivity contribution is 9.10. The van der Waals surface area contributed by atoms with Gasteiger partial charge in [-0.1, -0.05) is 0 Å². The number of aromatic nitrogens is 1. The third kappa shape index (κ3) is 2.15. The van der Waals surface area contributed by atoms with Crippen LogP contribution in [-0.4, -0.2) is 16.4 Å². The minimum atomic E-state index is 0.127. The van der Waals surface area contributed by atoms with Gasteiger partial charge in [-0.2, -0.15) is 0 Å². The summed E-state index contributed by atoms with van der Waals surface area (Å²) in [6.45, 7) is 0. The summed E-state index contributed by atoms with van der Waals surface area (Å²) >= 11 is 9.18. The van der Waals surface area contributed by atoms with Gasteiger partial charge in [-0.15, -0.1) is 11.6 Å². The SMILES string of the molecule is ClCC1(Nc2ccc(Br)cn2)CC1. The molecular weight excluding hydrogens is 251 g/mol. The van der Waals surface area contributed by atoms with E-state index in [1.807, 2.05) is 12.1 Å². The first-order chi connectivity index (χ1) is 6.24. The van der Waals surface area contributed by atoms with Gasteiger partial charge in [0.25, 0.3) is 0 Å². The number of alkyl halides is 1. The van der Waals surface area contributed by atoms with Crippen LogP contribution in [0.1, 0.15) is 12.8 Å². The number of nitrogens with zero attached hydrogens (tertiary/aromatic N) is 1. The van der Waals surface area contributed by atoms with Gasteiger partial charge < -0.3 is 5.32 Å². The minimum Gasteiger partial charge on any atom is -0.363 e. The molecule has 2 rings (SSSR count). The van der Waals surface area contributed by atoms with Crippen LogP contribution in [0, 0.1) is 0 Å². The molecule has 0 saturated heterocycles. The second-order valence-electron chi connectivity index (χ2n) is 3.40. The number of anilines is 1. The van der Waals surface area contributed by atoms with Crippen LogP contribution in [0.2, 0.25) is 0 Å². The summed E-state index contributed by atoms with van der Waals surface area (Å²) < 4.78 is 0.994. The monoisotopic (exact) mass is 260 g/mol. The van der Waals surface area contributed by atoms with Crippen molar-refractivity contribution in [3.05, 3.63) is 22.8 Å². The van der Waals surface area contributed by atoms with Crippen molar-refractivity contribution in [1.82, 2.24) is 4.98 Å². The Balaban J connectivity index is 2.06. The lowest BCUT2D eigenvalue weighted by molar-refractivity contribution is 0.829. The van der Waals surface area contributed by atoms with Crippen LogP contribution in [0.25, 0.3) is 0 Å². The van der Waals surface area contributed by atoms with Gasteiger partial charge in [-0.05, 0) is 40.9 Å². The van der Waals surface area contributed by atoms with Gasteiger partial charge >= 0.3 is 0 Å². The van der Waals surface area contributed by atoms with Crippen molar-refractivity contribution >= 4 is 33.3 Å². The van der Waals surface area contributed by atoms with Crippen LogP contribution in [0.15, 0.2) is 22.8 Å². The summed E-state index contributed by atoms with van der Waals surface area (Å²) in [5.74, 6) is 1.56. The quantitative estimate of drug-likeness (QED) is 0.846. The maximum absolute atomic E-state index is 5.84. The standard InChI is InChI=1S/C9H10BrClN2/c10-7-1-2-8(12-5-7)13-9(6-11)3-4-9/h1-2,5H,3-4,6H2,(H,12,13). The van der Waals surface area contributed by atoms with Crippen molar-refractivity contribution in [2.45, 2.75) is 18.4 Å². The van der Waals surface area contributed by atoms with Crippen molar-refractivity contribution in [1.29, 1.82) is 0 Å². The minimum absolute atomic E-state index is 0.127. The number of pyridine rings is 1. The summed E-state index contributed by atoms with van der Waals surface area (Å²) in [5.41, 5.74) is 0.127. The summed E-state index contributed by atoms with van der Waals surface area (Å²) in [5, 5.41) is 3.34. The number of hydrogen-bond acceptors (Lipinski definition) is 2. The molecule has 1 saturated carbocycles. The number of halogens is 2. The van der Waals surface area contributed by atoms with Crippen LogP contribution in [0.4, 0.5) is 5.82 Å². The van der Waals surface area contributed by atoms with E-state index in [4.69, 9.17) is 11.6 Å². The van der Waals surface area contributed by atoms with Crippen LogP contribution < -0.4 is 5.32 Å². The number of rotatable bonds is 3. The topological polar surface area (TPSA) is 24.9 Å². The molecule has 1 aliphatic rings. The molecule has 2 nitrogen and oxygen atoms in total. The Bertz CT molecular complexity index is 295. The normalized spacial score (nSPS) is 18.3. The zero-order chi connectivity index (χ0) is 9.31. The largest absolute Gasteiger partial charge is 0.363 e. The Morgan fingerprint density at radius 3 is 2.77 bits per heavy atom. The van der Waals surface area contributed by atoms with E-state index in [2.05, 4.69) is 26.2 Å². The Kier molecular flexibility index (Phi) is 2.47. The fourth-order valence-corrected chi connectivity index (χ4v) is 1.73. The highest BCUT2D eigenvalue weighted by Crippen LogP contribution is 2.39. The van der Waals surface area contributed by atoms with Crippen molar-refractivity contribution in [3.63, 3.8) is 0 Å². The summed E-state index contributed by atoms with van der Waals surface area (Å²) in [6, 6.07) is 3.93. The molecule has 1 N–H and O–H groups in total. The van der Waals surface area contributed by atoms with Crippen molar-refractivity contribution in [2.24, 2.45) is 0 Å². The van der Waals surface area contributed by atoms with Gasteiger partial charge in [-0.3, -0.25) is 0 Å². The zero-order valence-corrected chi connectivity index (χ0v) is 9.40. The second-order valence-corrected chi connectivity index (χ2v) is 4.58. The van der Waals surface area contributed by atoms with E-state index in [0.29, 0.717) is 5.88 Å². The first-order valence-corrected chi connectivity index (χ1v) is 5.53. The third-order valence-corrected chi connectivity index (χ3v) is 3.21. The molecule has 1 aliphatic carbocycles. The Morgan fingerprint density at radius 2 is 2.31 bits per heavy atom. The van der Waals surface area contributed by atoms with Gasteiger partial charge in [0.05, 0.1) is 5.54 Å². The maximum Gasteiger partial charge on any atom is 0.126 e. The van der Waals surface area contributed by atoms with Crippen molar-refractivity contribution in [2.75, 3.05) is 11.2 Å². The fraction of sp³-hybridized carbons (Fsp3) is 0.444. The smallest absolute Gasteiger partial charge is 0.126 e. The van der Waals surface area contributed by atoms with Gasteiger partial charge in [0.1, 0.15) is 5.82 Å². The molecule has 1 aromatic rings. The highest BCUT2D eigenvalue weighted by Gasteiger charge is 2.41. The number of hydrogen-bond donors (Lipinski definition) is 1. The first kappa shape index (κ1) is 9.28. The lowest BCUT2D eigenvalue weighted by Gasteiger charge is -2.14. The van der Waals surface area contributed by atoms with E-state index in [-0.39, 0.29) is 5.54 Å². The predicted octanol–water partition coefficient (Wildman–Crippen LogP) is 3.03. The van der Waals surface area contributed by atoms with E-state index < -0.39 is 0 Å². The lowest BCUT2D eigenvalue weighted by atomic mass is 10.3. The van der Waals surface area contributed by atoms with E-state index in [9.17, 15) is 0 Å². The lowest BCUT2D eigenvalue weighted by Crippen LogP contribution is -2.23. The van der Waals surface area contributed by atoms with Crippen molar-refractivity contribution < 1.29 is 0 Å². The van der Waals surface area contributed by atoms with Crippen LogP contribution in [-0.2, 0) is 0 Å². The maximum atomic E-state index is 5.84. The van der Waals surface area contributed by atoms with Gasteiger partial charge in [0.2, 0.25) is 0 Å². The summed E-state index contributed by atoms with van der Waals surface area (Å²) in [6.07, 6.45) is 4.08. The molecule has 0 amide bonds. The fourth-order valence-electron chi connectivity index (χ4n) is 1.16. The molecule has 70 valence electrons. The molecule has 13 heavy (non-hydrogen) atoms. The second kappa shape index (κ2) is 3.46. The molecule has 0 spiro atoms. The Hall–Kier alpha value is -0.280. The molecule has 1 heterocycles.